The van der Waals surface area contributed by atoms with E-state index < -0.39 is 0 Å². The molecule has 5 fully saturated rings. The summed E-state index contributed by atoms with van der Waals surface area (Å²) in [7, 11) is 0. The van der Waals surface area contributed by atoms with Crippen molar-refractivity contribution in [2.75, 3.05) is 0 Å². The van der Waals surface area contributed by atoms with Gasteiger partial charge in [0.1, 0.15) is 0 Å². The highest BCUT2D eigenvalue weighted by Crippen LogP contribution is 2.78. The minimum absolute atomic E-state index is 0.131. The molecule has 0 radical (unpaired) electrons. The Labute approximate surface area is 78.5 Å². The molecule has 0 aliphatic heterocycles. The van der Waals surface area contributed by atoms with E-state index in [2.05, 4.69) is 0 Å². The first-order valence-electron chi connectivity index (χ1n) is 6.04. The summed E-state index contributed by atoms with van der Waals surface area (Å²) >= 11 is 0. The van der Waals surface area contributed by atoms with Gasteiger partial charge in [-0.2, -0.15) is 0 Å². The van der Waals surface area contributed by atoms with E-state index in [1.165, 1.54) is 12.8 Å². The molecule has 5 aliphatic carbocycles. The molecule has 0 aromatic carbocycles. The fourth-order valence-electron chi connectivity index (χ4n) is 6.70. The standard InChI is InChI=1S/C12H16O/c13-12-8-3-7-10-5-1-4(9(8)10)2-6(5)11(7)12/h4-13H,1-3H2/t4?,5-,6?,7-,8?,9-,10+,11?,12+/m0/s1. The first-order valence-corrected chi connectivity index (χ1v) is 6.04. The van der Waals surface area contributed by atoms with Crippen molar-refractivity contribution in [1.29, 1.82) is 0 Å². The monoisotopic (exact) mass is 176 g/mol. The number of hydrogen-bond acceptors (Lipinski definition) is 1. The van der Waals surface area contributed by atoms with Gasteiger partial charge in [-0.25, -0.2) is 0 Å². The van der Waals surface area contributed by atoms with E-state index in [0.717, 1.165) is 47.3 Å². The third-order valence-electron chi connectivity index (χ3n) is 6.54. The Morgan fingerprint density at radius 3 is 2.31 bits per heavy atom. The third-order valence-corrected chi connectivity index (χ3v) is 6.54. The number of fused-ring (bicyclic) bond motifs is 5. The number of aliphatic hydroxyl groups is 1. The Morgan fingerprint density at radius 2 is 1.46 bits per heavy atom. The molecular weight excluding hydrogens is 160 g/mol. The van der Waals surface area contributed by atoms with Gasteiger partial charge in [-0.3, -0.25) is 0 Å². The molecule has 4 bridgehead atoms. The summed E-state index contributed by atoms with van der Waals surface area (Å²) in [4.78, 5) is 0. The van der Waals surface area contributed by atoms with Crippen LogP contribution in [0.3, 0.4) is 0 Å². The third kappa shape index (κ3) is 0.439. The lowest BCUT2D eigenvalue weighted by Gasteiger charge is -2.30. The predicted molar refractivity (Wildman–Crippen MR) is 47.8 cm³/mol. The number of rotatable bonds is 0. The maximum Gasteiger partial charge on any atom is 0.0605 e. The van der Waals surface area contributed by atoms with E-state index >= 15 is 0 Å². The molecule has 0 heterocycles. The highest BCUT2D eigenvalue weighted by molar-refractivity contribution is 5.23. The Morgan fingerprint density at radius 1 is 0.692 bits per heavy atom. The summed E-state index contributed by atoms with van der Waals surface area (Å²) in [6, 6.07) is 0. The molecule has 4 unspecified atom stereocenters. The lowest BCUT2D eigenvalue weighted by molar-refractivity contribution is 0.0327. The Kier molecular flexibility index (Phi) is 0.793. The average molecular weight is 176 g/mol. The Hall–Kier alpha value is -0.0400. The van der Waals surface area contributed by atoms with E-state index in [4.69, 9.17) is 0 Å². The quantitative estimate of drug-likeness (QED) is 0.593. The highest BCUT2D eigenvalue weighted by atomic mass is 16.3. The van der Waals surface area contributed by atoms with Crippen LogP contribution in [0.2, 0.25) is 0 Å². The molecule has 0 aromatic rings. The van der Waals surface area contributed by atoms with Crippen molar-refractivity contribution < 1.29 is 5.11 Å². The topological polar surface area (TPSA) is 20.2 Å². The minimum atomic E-state index is 0.131. The second-order valence-electron chi connectivity index (χ2n) is 6.35. The minimum Gasteiger partial charge on any atom is -0.393 e. The molecule has 0 amide bonds. The van der Waals surface area contributed by atoms with E-state index in [0.29, 0.717) is 0 Å². The molecule has 0 spiro atoms. The van der Waals surface area contributed by atoms with Crippen molar-refractivity contribution in [3.63, 3.8) is 0 Å². The Balaban J connectivity index is 1.82. The molecule has 0 saturated heterocycles. The largest absolute Gasteiger partial charge is 0.393 e. The van der Waals surface area contributed by atoms with E-state index in [9.17, 15) is 5.11 Å². The molecule has 1 N–H and O–H groups in total. The molecule has 70 valence electrons. The average Bonchev–Trinajstić information content (AvgIpc) is 2.74. The summed E-state index contributed by atoms with van der Waals surface area (Å²) in [5.41, 5.74) is 0. The SMILES string of the molecule is O[C@@H]1C2C[C@@H]3C1C1CC4C[C@@H]1[C@H]3[C@@H]42. The van der Waals surface area contributed by atoms with Crippen LogP contribution in [0, 0.1) is 47.3 Å². The second kappa shape index (κ2) is 1.60. The molecule has 13 heavy (non-hydrogen) atoms. The van der Waals surface area contributed by atoms with Gasteiger partial charge < -0.3 is 5.11 Å². The molecule has 5 aliphatic rings. The number of hydrogen-bond donors (Lipinski definition) is 1. The lowest BCUT2D eigenvalue weighted by Crippen LogP contribution is -2.32. The zero-order chi connectivity index (χ0) is 8.32. The van der Waals surface area contributed by atoms with E-state index in [1.54, 1.807) is 6.42 Å². The summed E-state index contributed by atoms with van der Waals surface area (Å²) in [5.74, 6) is 7.68. The van der Waals surface area contributed by atoms with Crippen LogP contribution in [0.4, 0.5) is 0 Å². The zero-order valence-corrected chi connectivity index (χ0v) is 7.76. The fourth-order valence-corrected chi connectivity index (χ4v) is 6.70. The van der Waals surface area contributed by atoms with Gasteiger partial charge in [0.25, 0.3) is 0 Å². The van der Waals surface area contributed by atoms with Crippen molar-refractivity contribution in [2.24, 2.45) is 47.3 Å². The summed E-state index contributed by atoms with van der Waals surface area (Å²) in [5, 5.41) is 10.2. The van der Waals surface area contributed by atoms with Crippen molar-refractivity contribution in [1.82, 2.24) is 0 Å². The molecule has 1 heteroatoms. The second-order valence-corrected chi connectivity index (χ2v) is 6.35. The molecule has 9 atom stereocenters. The maximum absolute atomic E-state index is 10.2. The van der Waals surface area contributed by atoms with Crippen LogP contribution >= 0.6 is 0 Å². The first-order chi connectivity index (χ1) is 6.36. The van der Waals surface area contributed by atoms with Crippen molar-refractivity contribution in [2.45, 2.75) is 25.4 Å². The van der Waals surface area contributed by atoms with E-state index in [1.807, 2.05) is 0 Å². The van der Waals surface area contributed by atoms with Gasteiger partial charge in [0, 0.05) is 0 Å². The summed E-state index contributed by atoms with van der Waals surface area (Å²) in [6.07, 6.45) is 4.59. The van der Waals surface area contributed by atoms with Gasteiger partial charge in [-0.1, -0.05) is 0 Å². The van der Waals surface area contributed by atoms with Crippen LogP contribution in [-0.2, 0) is 0 Å². The summed E-state index contributed by atoms with van der Waals surface area (Å²) < 4.78 is 0. The smallest absolute Gasteiger partial charge is 0.0605 e. The van der Waals surface area contributed by atoms with Gasteiger partial charge >= 0.3 is 0 Å². The van der Waals surface area contributed by atoms with Gasteiger partial charge in [0.15, 0.2) is 0 Å². The van der Waals surface area contributed by atoms with Gasteiger partial charge in [-0.05, 0) is 66.6 Å². The van der Waals surface area contributed by atoms with Crippen molar-refractivity contribution in [3.05, 3.63) is 0 Å². The molecule has 1 nitrogen and oxygen atoms in total. The van der Waals surface area contributed by atoms with Gasteiger partial charge in [0.2, 0.25) is 0 Å². The van der Waals surface area contributed by atoms with Crippen LogP contribution in [0.15, 0.2) is 0 Å². The molecule has 5 rings (SSSR count). The summed E-state index contributed by atoms with van der Waals surface area (Å²) in [6.45, 7) is 0. The number of aliphatic hydroxyl groups excluding tert-OH is 1. The maximum atomic E-state index is 10.2. The first kappa shape index (κ1) is 6.44. The molecule has 5 saturated carbocycles. The highest BCUT2D eigenvalue weighted by Gasteiger charge is 2.75. The van der Waals surface area contributed by atoms with E-state index in [-0.39, 0.29) is 6.10 Å². The molecule has 0 aromatic heterocycles. The van der Waals surface area contributed by atoms with Gasteiger partial charge in [-0.15, -0.1) is 0 Å². The lowest BCUT2D eigenvalue weighted by atomic mass is 9.77. The fraction of sp³-hybridized carbons (Fsp3) is 1.00. The molecular formula is C12H16O. The normalized spacial score (nSPS) is 80.5. The van der Waals surface area contributed by atoms with Crippen LogP contribution in [0.25, 0.3) is 0 Å². The van der Waals surface area contributed by atoms with Crippen molar-refractivity contribution in [3.8, 4) is 0 Å². The van der Waals surface area contributed by atoms with Crippen LogP contribution in [0.5, 0.6) is 0 Å². The van der Waals surface area contributed by atoms with Crippen LogP contribution < -0.4 is 0 Å². The van der Waals surface area contributed by atoms with Crippen molar-refractivity contribution >= 4 is 0 Å². The zero-order valence-electron chi connectivity index (χ0n) is 7.76. The van der Waals surface area contributed by atoms with Gasteiger partial charge in [0.05, 0.1) is 6.10 Å². The van der Waals surface area contributed by atoms with Crippen LogP contribution in [-0.4, -0.2) is 11.2 Å². The Bertz CT molecular complexity index is 290. The predicted octanol–water partition coefficient (Wildman–Crippen LogP) is 1.52. The van der Waals surface area contributed by atoms with Crippen LogP contribution in [0.1, 0.15) is 19.3 Å².